The lowest BCUT2D eigenvalue weighted by Gasteiger charge is -2.07. The second kappa shape index (κ2) is 3.94. The number of alkyl halides is 1. The Morgan fingerprint density at radius 2 is 2.25 bits per heavy atom. The minimum absolute atomic E-state index is 0.0582. The van der Waals surface area contributed by atoms with Crippen LogP contribution >= 0.6 is 11.6 Å². The lowest BCUT2D eigenvalue weighted by atomic mass is 10.2. The highest BCUT2D eigenvalue weighted by atomic mass is 35.5. The summed E-state index contributed by atoms with van der Waals surface area (Å²) in [5, 5.41) is 4.30. The van der Waals surface area contributed by atoms with Gasteiger partial charge in [-0.2, -0.15) is 5.10 Å². The van der Waals surface area contributed by atoms with Crippen molar-refractivity contribution in [3.8, 4) is 0 Å². The Morgan fingerprint density at radius 1 is 1.58 bits per heavy atom. The van der Waals surface area contributed by atoms with Crippen LogP contribution < -0.4 is 0 Å². The highest BCUT2D eigenvalue weighted by molar-refractivity contribution is 6.20. The second-order valence-corrected chi connectivity index (χ2v) is 3.78. The maximum atomic E-state index is 5.91. The average Bonchev–Trinajstić information content (AvgIpc) is 2.51. The Balaban J connectivity index is 2.77. The van der Waals surface area contributed by atoms with E-state index >= 15 is 0 Å². The Kier molecular flexibility index (Phi) is 3.15. The van der Waals surface area contributed by atoms with Gasteiger partial charge < -0.3 is 0 Å². The molecule has 68 valence electrons. The zero-order valence-electron chi connectivity index (χ0n) is 7.79. The molecule has 2 atom stereocenters. The molecule has 1 aromatic heterocycles. The van der Waals surface area contributed by atoms with Crippen molar-refractivity contribution in [3.63, 3.8) is 0 Å². The van der Waals surface area contributed by atoms with Crippen LogP contribution in [0.4, 0.5) is 0 Å². The fraction of sp³-hybridized carbons (Fsp3) is 0.667. The van der Waals surface area contributed by atoms with Crippen molar-refractivity contribution in [1.82, 2.24) is 9.78 Å². The van der Waals surface area contributed by atoms with Gasteiger partial charge in [-0.25, -0.2) is 0 Å². The summed E-state index contributed by atoms with van der Waals surface area (Å²) >= 11 is 5.91. The van der Waals surface area contributed by atoms with Crippen molar-refractivity contribution >= 4 is 11.6 Å². The van der Waals surface area contributed by atoms with E-state index < -0.39 is 0 Å². The Labute approximate surface area is 78.5 Å². The maximum Gasteiger partial charge on any atom is 0.0588 e. The minimum atomic E-state index is 0.0582. The van der Waals surface area contributed by atoms with Gasteiger partial charge in [0.2, 0.25) is 0 Å². The summed E-state index contributed by atoms with van der Waals surface area (Å²) in [4.78, 5) is 0. The predicted molar refractivity (Wildman–Crippen MR) is 51.5 cm³/mol. The van der Waals surface area contributed by atoms with E-state index in [1.165, 1.54) is 0 Å². The van der Waals surface area contributed by atoms with Crippen molar-refractivity contribution in [3.05, 3.63) is 18.0 Å². The van der Waals surface area contributed by atoms with E-state index in [2.05, 4.69) is 18.9 Å². The van der Waals surface area contributed by atoms with E-state index in [9.17, 15) is 0 Å². The smallest absolute Gasteiger partial charge is 0.0588 e. The van der Waals surface area contributed by atoms with E-state index in [0.29, 0.717) is 6.04 Å². The van der Waals surface area contributed by atoms with Crippen LogP contribution in [0, 0.1) is 0 Å². The number of hydrogen-bond donors (Lipinski definition) is 0. The van der Waals surface area contributed by atoms with Gasteiger partial charge >= 0.3 is 0 Å². The molecule has 2 unspecified atom stereocenters. The lowest BCUT2D eigenvalue weighted by molar-refractivity contribution is 0.477. The molecule has 0 aliphatic heterocycles. The van der Waals surface area contributed by atoms with Gasteiger partial charge in [0.1, 0.15) is 0 Å². The molecule has 12 heavy (non-hydrogen) atoms. The molecule has 0 amide bonds. The topological polar surface area (TPSA) is 17.8 Å². The van der Waals surface area contributed by atoms with E-state index in [0.717, 1.165) is 12.0 Å². The first-order valence-corrected chi connectivity index (χ1v) is 4.77. The van der Waals surface area contributed by atoms with E-state index in [-0.39, 0.29) is 5.38 Å². The summed E-state index contributed by atoms with van der Waals surface area (Å²) in [7, 11) is 0. The van der Waals surface area contributed by atoms with Crippen molar-refractivity contribution < 1.29 is 0 Å². The van der Waals surface area contributed by atoms with E-state index in [4.69, 9.17) is 11.6 Å². The van der Waals surface area contributed by atoms with Crippen LogP contribution in [0.2, 0.25) is 0 Å². The van der Waals surface area contributed by atoms with Crippen LogP contribution in [0.1, 0.15) is 44.2 Å². The summed E-state index contributed by atoms with van der Waals surface area (Å²) in [5.74, 6) is 0. The number of halogens is 1. The molecule has 0 spiro atoms. The number of hydrogen-bond acceptors (Lipinski definition) is 1. The third kappa shape index (κ3) is 2.01. The van der Waals surface area contributed by atoms with E-state index in [1.807, 2.05) is 24.0 Å². The molecule has 0 bridgehead atoms. The molecule has 0 aliphatic carbocycles. The van der Waals surface area contributed by atoms with Gasteiger partial charge in [0, 0.05) is 17.8 Å². The highest BCUT2D eigenvalue weighted by Gasteiger charge is 2.07. The summed E-state index contributed by atoms with van der Waals surface area (Å²) in [6, 6.07) is 0.467. The van der Waals surface area contributed by atoms with Crippen molar-refractivity contribution in [2.75, 3.05) is 0 Å². The first-order valence-electron chi connectivity index (χ1n) is 4.33. The fourth-order valence-electron chi connectivity index (χ4n) is 0.986. The quantitative estimate of drug-likeness (QED) is 0.664. The zero-order valence-corrected chi connectivity index (χ0v) is 8.54. The van der Waals surface area contributed by atoms with Gasteiger partial charge in [-0.3, -0.25) is 4.68 Å². The van der Waals surface area contributed by atoms with Crippen LogP contribution in [-0.2, 0) is 0 Å². The molecule has 1 aromatic rings. The van der Waals surface area contributed by atoms with Crippen LogP contribution in [-0.4, -0.2) is 9.78 Å². The van der Waals surface area contributed by atoms with Gasteiger partial charge in [0.15, 0.2) is 0 Å². The van der Waals surface area contributed by atoms with Crippen molar-refractivity contribution in [1.29, 1.82) is 0 Å². The first-order chi connectivity index (χ1) is 5.65. The average molecular weight is 187 g/mol. The fourth-order valence-corrected chi connectivity index (χ4v) is 1.10. The van der Waals surface area contributed by atoms with Crippen LogP contribution in [0.25, 0.3) is 0 Å². The molecule has 2 nitrogen and oxygen atoms in total. The van der Waals surface area contributed by atoms with Gasteiger partial charge in [-0.15, -0.1) is 11.6 Å². The van der Waals surface area contributed by atoms with Gasteiger partial charge in [0.05, 0.1) is 11.6 Å². The van der Waals surface area contributed by atoms with Crippen LogP contribution in [0.3, 0.4) is 0 Å². The Bertz CT molecular complexity index is 242. The SMILES string of the molecule is CCC(C)n1cc(C(C)Cl)cn1. The second-order valence-electron chi connectivity index (χ2n) is 3.13. The molecule has 0 saturated carbocycles. The molecule has 0 fully saturated rings. The van der Waals surface area contributed by atoms with Gasteiger partial charge in [0.25, 0.3) is 0 Å². The third-order valence-electron chi connectivity index (χ3n) is 2.12. The zero-order chi connectivity index (χ0) is 9.14. The van der Waals surface area contributed by atoms with Crippen molar-refractivity contribution in [2.24, 2.45) is 0 Å². The Morgan fingerprint density at radius 3 is 2.67 bits per heavy atom. The van der Waals surface area contributed by atoms with Crippen molar-refractivity contribution in [2.45, 2.75) is 38.6 Å². The number of rotatable bonds is 3. The minimum Gasteiger partial charge on any atom is -0.270 e. The molecular formula is C9H15ClN2. The summed E-state index contributed by atoms with van der Waals surface area (Å²) in [6.45, 7) is 6.26. The normalized spacial score (nSPS) is 16.0. The predicted octanol–water partition coefficient (Wildman–Crippen LogP) is 3.15. The number of nitrogens with zero attached hydrogens (tertiary/aromatic N) is 2. The first kappa shape index (κ1) is 9.59. The highest BCUT2D eigenvalue weighted by Crippen LogP contribution is 2.20. The molecule has 0 radical (unpaired) electrons. The summed E-state index contributed by atoms with van der Waals surface area (Å²) in [6.07, 6.45) is 4.95. The Hall–Kier alpha value is -0.500. The third-order valence-corrected chi connectivity index (χ3v) is 2.38. The molecule has 0 aliphatic rings. The molecule has 1 heterocycles. The van der Waals surface area contributed by atoms with Gasteiger partial charge in [-0.1, -0.05) is 6.92 Å². The molecular weight excluding hydrogens is 172 g/mol. The maximum absolute atomic E-state index is 5.91. The molecule has 0 saturated heterocycles. The molecule has 1 rings (SSSR count). The molecule has 0 aromatic carbocycles. The summed E-state index contributed by atoms with van der Waals surface area (Å²) < 4.78 is 1.97. The molecule has 3 heteroatoms. The van der Waals surface area contributed by atoms with Crippen LogP contribution in [0.5, 0.6) is 0 Å². The number of aromatic nitrogens is 2. The monoisotopic (exact) mass is 186 g/mol. The standard InChI is InChI=1S/C9H15ClN2/c1-4-7(2)12-6-9(5-11-12)8(3)10/h5-8H,4H2,1-3H3. The lowest BCUT2D eigenvalue weighted by Crippen LogP contribution is -2.03. The van der Waals surface area contributed by atoms with Crippen LogP contribution in [0.15, 0.2) is 12.4 Å². The largest absolute Gasteiger partial charge is 0.270 e. The van der Waals surface area contributed by atoms with Gasteiger partial charge in [-0.05, 0) is 20.3 Å². The summed E-state index contributed by atoms with van der Waals surface area (Å²) in [5.41, 5.74) is 1.09. The molecule has 0 N–H and O–H groups in total. The van der Waals surface area contributed by atoms with E-state index in [1.54, 1.807) is 0 Å².